The van der Waals surface area contributed by atoms with Crippen LogP contribution in [0.2, 0.25) is 0 Å². The minimum absolute atomic E-state index is 0.605. The minimum atomic E-state index is 0.605. The van der Waals surface area contributed by atoms with Crippen LogP contribution in [-0.4, -0.2) is 19.1 Å². The fraction of sp³-hybridized carbons (Fsp3) is 0.438. The number of aryl methyl sites for hydroxylation is 1. The third kappa shape index (κ3) is 2.80. The first-order valence-corrected chi connectivity index (χ1v) is 6.71. The minimum Gasteiger partial charge on any atom is -0.497 e. The van der Waals surface area contributed by atoms with Gasteiger partial charge < -0.3 is 10.1 Å². The average molecular weight is 258 g/mol. The summed E-state index contributed by atoms with van der Waals surface area (Å²) < 4.78 is 5.34. The van der Waals surface area contributed by atoms with Crippen molar-refractivity contribution in [1.82, 2.24) is 4.98 Å². The van der Waals surface area contributed by atoms with E-state index in [0.717, 1.165) is 40.0 Å². The molecule has 102 valence electrons. The van der Waals surface area contributed by atoms with Gasteiger partial charge in [0.25, 0.3) is 0 Å². The van der Waals surface area contributed by atoms with Crippen LogP contribution in [-0.2, 0) is 6.42 Å². The van der Waals surface area contributed by atoms with Crippen molar-refractivity contribution in [1.29, 1.82) is 0 Å². The van der Waals surface area contributed by atoms with E-state index in [9.17, 15) is 0 Å². The highest BCUT2D eigenvalue weighted by molar-refractivity contribution is 5.94. The molecule has 1 aromatic carbocycles. The number of fused-ring (bicyclic) bond motifs is 1. The van der Waals surface area contributed by atoms with E-state index in [-0.39, 0.29) is 0 Å². The van der Waals surface area contributed by atoms with Crippen LogP contribution in [0.1, 0.15) is 25.1 Å². The van der Waals surface area contributed by atoms with Crippen LogP contribution in [0.25, 0.3) is 10.9 Å². The Balaban J connectivity index is 2.66. The summed E-state index contributed by atoms with van der Waals surface area (Å²) in [5, 5.41) is 4.38. The number of anilines is 1. The lowest BCUT2D eigenvalue weighted by Gasteiger charge is -2.13. The maximum atomic E-state index is 5.34. The topological polar surface area (TPSA) is 34.2 Å². The van der Waals surface area contributed by atoms with Gasteiger partial charge in [-0.25, -0.2) is 0 Å². The Morgan fingerprint density at radius 2 is 2.00 bits per heavy atom. The van der Waals surface area contributed by atoms with Crippen LogP contribution in [0.15, 0.2) is 18.2 Å². The molecule has 2 aromatic rings. The molecule has 0 unspecified atom stereocenters. The SMILES string of the molecule is CNc1cc(CC(C)C)nc2c(C)cc(OC)cc12. The van der Waals surface area contributed by atoms with Crippen molar-refractivity contribution in [3.05, 3.63) is 29.5 Å². The lowest BCUT2D eigenvalue weighted by molar-refractivity contribution is 0.415. The second-order valence-electron chi connectivity index (χ2n) is 5.35. The number of nitrogens with one attached hydrogen (secondary N) is 1. The first kappa shape index (κ1) is 13.7. The lowest BCUT2D eigenvalue weighted by atomic mass is 10.0. The fourth-order valence-corrected chi connectivity index (χ4v) is 2.37. The van der Waals surface area contributed by atoms with Gasteiger partial charge >= 0.3 is 0 Å². The van der Waals surface area contributed by atoms with E-state index in [2.05, 4.69) is 32.2 Å². The van der Waals surface area contributed by atoms with Gasteiger partial charge in [0.1, 0.15) is 5.75 Å². The number of methoxy groups -OCH3 is 1. The van der Waals surface area contributed by atoms with Gasteiger partial charge in [-0.1, -0.05) is 13.8 Å². The van der Waals surface area contributed by atoms with Crippen LogP contribution >= 0.6 is 0 Å². The van der Waals surface area contributed by atoms with Crippen LogP contribution in [0, 0.1) is 12.8 Å². The molecule has 0 saturated carbocycles. The predicted octanol–water partition coefficient (Wildman–Crippen LogP) is 3.79. The first-order valence-electron chi connectivity index (χ1n) is 6.71. The summed E-state index contributed by atoms with van der Waals surface area (Å²) >= 11 is 0. The van der Waals surface area contributed by atoms with E-state index < -0.39 is 0 Å². The number of benzene rings is 1. The molecule has 0 aliphatic heterocycles. The molecule has 0 saturated heterocycles. The zero-order valence-corrected chi connectivity index (χ0v) is 12.4. The number of hydrogen-bond acceptors (Lipinski definition) is 3. The van der Waals surface area contributed by atoms with Gasteiger partial charge in [-0.05, 0) is 43.0 Å². The van der Waals surface area contributed by atoms with E-state index in [0.29, 0.717) is 5.92 Å². The van der Waals surface area contributed by atoms with Crippen molar-refractivity contribution in [2.75, 3.05) is 19.5 Å². The van der Waals surface area contributed by atoms with Crippen molar-refractivity contribution in [2.45, 2.75) is 27.2 Å². The largest absolute Gasteiger partial charge is 0.497 e. The molecule has 0 radical (unpaired) electrons. The number of ether oxygens (including phenoxy) is 1. The third-order valence-electron chi connectivity index (χ3n) is 3.25. The molecule has 0 amide bonds. The molecule has 2 rings (SSSR count). The number of hydrogen-bond donors (Lipinski definition) is 1. The second kappa shape index (κ2) is 5.47. The first-order chi connectivity index (χ1) is 9.05. The zero-order valence-electron chi connectivity index (χ0n) is 12.4. The Bertz CT molecular complexity index is 591. The average Bonchev–Trinajstić information content (AvgIpc) is 2.37. The van der Waals surface area contributed by atoms with Gasteiger partial charge in [0, 0.05) is 23.8 Å². The summed E-state index contributed by atoms with van der Waals surface area (Å²) in [7, 11) is 3.64. The molecule has 0 bridgehead atoms. The van der Waals surface area contributed by atoms with Crippen LogP contribution in [0.5, 0.6) is 5.75 Å². The van der Waals surface area contributed by atoms with E-state index in [1.165, 1.54) is 0 Å². The number of pyridine rings is 1. The Morgan fingerprint density at radius 1 is 1.26 bits per heavy atom. The standard InChI is InChI=1S/C16H22N2O/c1-10(2)6-12-8-15(17-4)14-9-13(19-5)7-11(3)16(14)18-12/h7-10H,6H2,1-5H3,(H,17,18). The van der Waals surface area contributed by atoms with Crippen LogP contribution in [0.3, 0.4) is 0 Å². The highest BCUT2D eigenvalue weighted by Gasteiger charge is 2.10. The highest BCUT2D eigenvalue weighted by Crippen LogP contribution is 2.30. The Morgan fingerprint density at radius 3 is 2.58 bits per heavy atom. The van der Waals surface area contributed by atoms with Crippen LogP contribution < -0.4 is 10.1 Å². The molecule has 0 aliphatic carbocycles. The van der Waals surface area contributed by atoms with Gasteiger partial charge in [0.15, 0.2) is 0 Å². The summed E-state index contributed by atoms with van der Waals surface area (Å²) in [5.74, 6) is 1.48. The van der Waals surface area contributed by atoms with E-state index in [1.807, 2.05) is 19.2 Å². The molecule has 0 atom stereocenters. The molecule has 3 heteroatoms. The zero-order chi connectivity index (χ0) is 14.0. The normalized spacial score (nSPS) is 11.1. The molecule has 1 N–H and O–H groups in total. The van der Waals surface area contributed by atoms with E-state index in [1.54, 1.807) is 7.11 Å². The quantitative estimate of drug-likeness (QED) is 0.906. The van der Waals surface area contributed by atoms with Crippen molar-refractivity contribution in [3.63, 3.8) is 0 Å². The molecule has 0 aliphatic rings. The van der Waals surface area contributed by atoms with Gasteiger partial charge in [0.05, 0.1) is 12.6 Å². The summed E-state index contributed by atoms with van der Waals surface area (Å²) in [6, 6.07) is 6.22. The van der Waals surface area contributed by atoms with Crippen molar-refractivity contribution < 1.29 is 4.74 Å². The van der Waals surface area contributed by atoms with Crippen molar-refractivity contribution in [2.24, 2.45) is 5.92 Å². The predicted molar refractivity (Wildman–Crippen MR) is 81.1 cm³/mol. The van der Waals surface area contributed by atoms with Gasteiger partial charge in [0.2, 0.25) is 0 Å². The number of nitrogens with zero attached hydrogens (tertiary/aromatic N) is 1. The highest BCUT2D eigenvalue weighted by atomic mass is 16.5. The van der Waals surface area contributed by atoms with Crippen LogP contribution in [0.4, 0.5) is 5.69 Å². The fourth-order valence-electron chi connectivity index (χ4n) is 2.37. The smallest absolute Gasteiger partial charge is 0.119 e. The summed E-state index contributed by atoms with van der Waals surface area (Å²) in [5.41, 5.74) is 4.46. The summed E-state index contributed by atoms with van der Waals surface area (Å²) in [4.78, 5) is 4.80. The monoisotopic (exact) mass is 258 g/mol. The van der Waals surface area contributed by atoms with Crippen molar-refractivity contribution >= 4 is 16.6 Å². The number of aromatic nitrogens is 1. The second-order valence-corrected chi connectivity index (χ2v) is 5.35. The summed E-state index contributed by atoms with van der Waals surface area (Å²) in [6.07, 6.45) is 0.996. The molecule has 1 aromatic heterocycles. The maximum Gasteiger partial charge on any atom is 0.119 e. The Labute approximate surface area is 115 Å². The Hall–Kier alpha value is -1.77. The Kier molecular flexibility index (Phi) is 3.93. The van der Waals surface area contributed by atoms with Crippen molar-refractivity contribution in [3.8, 4) is 5.75 Å². The lowest BCUT2D eigenvalue weighted by Crippen LogP contribution is -2.01. The molecule has 19 heavy (non-hydrogen) atoms. The third-order valence-corrected chi connectivity index (χ3v) is 3.25. The van der Waals surface area contributed by atoms with E-state index in [4.69, 9.17) is 9.72 Å². The molecule has 3 nitrogen and oxygen atoms in total. The molecular formula is C16H22N2O. The molecule has 1 heterocycles. The molecule has 0 fully saturated rings. The molecular weight excluding hydrogens is 236 g/mol. The van der Waals surface area contributed by atoms with Gasteiger partial charge in [-0.15, -0.1) is 0 Å². The van der Waals surface area contributed by atoms with Gasteiger partial charge in [-0.3, -0.25) is 4.98 Å². The maximum absolute atomic E-state index is 5.34. The van der Waals surface area contributed by atoms with E-state index >= 15 is 0 Å². The number of rotatable bonds is 4. The molecule has 0 spiro atoms. The summed E-state index contributed by atoms with van der Waals surface area (Å²) in [6.45, 7) is 6.51. The van der Waals surface area contributed by atoms with Gasteiger partial charge in [-0.2, -0.15) is 0 Å².